The van der Waals surface area contributed by atoms with Crippen molar-refractivity contribution in [1.29, 1.82) is 0 Å². The van der Waals surface area contributed by atoms with Crippen LogP contribution in [0.5, 0.6) is 0 Å². The number of hydrogen-bond acceptors (Lipinski definition) is 2. The molecule has 0 N–H and O–H groups in total. The number of carbonyl (C=O) groups excluding carboxylic acids is 1. The molecule has 0 aromatic rings. The number of carboxylic acids is 1. The predicted molar refractivity (Wildman–Crippen MR) is 156 cm³/mol. The van der Waals surface area contributed by atoms with Crippen LogP contribution in [0.15, 0.2) is 0 Å². The molecule has 0 aromatic heterocycles. The normalized spacial score (nSPS) is 10.5. The number of carbonyl (C=O) groups is 1. The van der Waals surface area contributed by atoms with Gasteiger partial charge in [-0.2, -0.15) is 0 Å². The highest BCUT2D eigenvalue weighted by molar-refractivity contribution is 5.64. The lowest BCUT2D eigenvalue weighted by Crippen LogP contribution is -2.47. The summed E-state index contributed by atoms with van der Waals surface area (Å²) in [5.74, 6) is 11.3. The number of quaternary nitrogens is 1. The minimum atomic E-state index is -0.931. The molecule has 0 saturated heterocycles. The number of rotatable bonds is 22. The molecule has 0 rings (SSSR count). The highest BCUT2D eigenvalue weighted by Crippen LogP contribution is 2.11. The predicted octanol–water partition coefficient (Wildman–Crippen LogP) is 8.06. The van der Waals surface area contributed by atoms with Crippen molar-refractivity contribution in [3.63, 3.8) is 0 Å². The summed E-state index contributed by atoms with van der Waals surface area (Å²) in [4.78, 5) is 10.3. The van der Waals surface area contributed by atoms with Crippen molar-refractivity contribution in [1.82, 2.24) is 0 Å². The lowest BCUT2D eigenvalue weighted by molar-refractivity contribution is -0.921. The van der Waals surface area contributed by atoms with Crippen molar-refractivity contribution in [3.05, 3.63) is 0 Å². The Kier molecular flexibility index (Phi) is 30.4. The van der Waals surface area contributed by atoms with Crippen LogP contribution in [0.3, 0.4) is 0 Å². The molecule has 0 aromatic carbocycles. The second kappa shape index (κ2) is 29.8. The summed E-state index contributed by atoms with van der Waals surface area (Å²) in [6, 6.07) is 0. The standard InChI is InChI=1S/C25H42O2.C8H20N/c1-2-3-4-5-6-7-8-9-10-11-12-13-14-15-16-17-18-19-20-21-22-23-24-25(26)27;1-5-9(6-2,7-3)8-4/h2-12,17-24H2,1H3,(H,26,27);5-8H2,1-4H3/q;+1/p-1. The van der Waals surface area contributed by atoms with Gasteiger partial charge >= 0.3 is 0 Å². The average molecular weight is 504 g/mol. The van der Waals surface area contributed by atoms with Crippen molar-refractivity contribution < 1.29 is 14.4 Å². The van der Waals surface area contributed by atoms with Crippen molar-refractivity contribution in [2.75, 3.05) is 26.2 Å². The van der Waals surface area contributed by atoms with Gasteiger partial charge in [-0.15, -0.1) is 0 Å². The van der Waals surface area contributed by atoms with Gasteiger partial charge in [0.15, 0.2) is 0 Å². The molecule has 3 nitrogen and oxygen atoms in total. The van der Waals surface area contributed by atoms with E-state index in [4.69, 9.17) is 0 Å². The number of hydrogen-bond donors (Lipinski definition) is 0. The lowest BCUT2D eigenvalue weighted by atomic mass is 10.1. The summed E-state index contributed by atoms with van der Waals surface area (Å²) in [5, 5.41) is 10.3. The Morgan fingerprint density at radius 1 is 0.528 bits per heavy atom. The van der Waals surface area contributed by atoms with Crippen LogP contribution in [0.25, 0.3) is 0 Å². The van der Waals surface area contributed by atoms with E-state index < -0.39 is 5.97 Å². The van der Waals surface area contributed by atoms with Crippen LogP contribution in [0.4, 0.5) is 0 Å². The summed E-state index contributed by atoms with van der Waals surface area (Å²) >= 11 is 0. The van der Waals surface area contributed by atoms with E-state index in [1.54, 1.807) is 0 Å². The van der Waals surface area contributed by atoms with E-state index in [0.717, 1.165) is 38.5 Å². The molecular weight excluding hydrogens is 442 g/mol. The molecule has 0 atom stereocenters. The van der Waals surface area contributed by atoms with Gasteiger partial charge in [-0.3, -0.25) is 0 Å². The zero-order valence-corrected chi connectivity index (χ0v) is 25.0. The third-order valence-corrected chi connectivity index (χ3v) is 7.51. The number of nitrogens with zero attached hydrogens (tertiary/aromatic N) is 1. The van der Waals surface area contributed by atoms with Gasteiger partial charge in [0.2, 0.25) is 0 Å². The van der Waals surface area contributed by atoms with Gasteiger partial charge in [0.05, 0.1) is 26.2 Å². The Labute approximate surface area is 226 Å². The molecule has 36 heavy (non-hydrogen) atoms. The van der Waals surface area contributed by atoms with E-state index in [2.05, 4.69) is 58.3 Å². The first-order valence-corrected chi connectivity index (χ1v) is 15.5. The van der Waals surface area contributed by atoms with E-state index in [9.17, 15) is 9.90 Å². The molecule has 210 valence electrons. The van der Waals surface area contributed by atoms with Gasteiger partial charge in [0.1, 0.15) is 0 Å². The van der Waals surface area contributed by atoms with E-state index >= 15 is 0 Å². The molecule has 0 aliphatic carbocycles. The van der Waals surface area contributed by atoms with E-state index in [1.807, 2.05) is 0 Å². The SMILES string of the molecule is CCCCCCCCCCCCC#CC#CCCCCCCCCC(=O)[O-].CC[N+](CC)(CC)CC. The molecule has 0 bridgehead atoms. The molecule has 0 radical (unpaired) electrons. The fourth-order valence-electron chi connectivity index (χ4n) is 4.45. The Balaban J connectivity index is 0. The van der Waals surface area contributed by atoms with Gasteiger partial charge in [-0.1, -0.05) is 102 Å². The van der Waals surface area contributed by atoms with Gasteiger partial charge in [0, 0.05) is 18.8 Å². The third-order valence-electron chi connectivity index (χ3n) is 7.51. The molecule has 3 heteroatoms. The molecule has 0 heterocycles. The maximum atomic E-state index is 10.3. The first kappa shape index (κ1) is 36.7. The van der Waals surface area contributed by atoms with Crippen molar-refractivity contribution >= 4 is 5.97 Å². The number of carboxylic acid groups (broad SMARTS) is 1. The summed E-state index contributed by atoms with van der Waals surface area (Å²) in [6.45, 7) is 16.5. The topological polar surface area (TPSA) is 40.1 Å². The van der Waals surface area contributed by atoms with E-state index in [-0.39, 0.29) is 6.42 Å². The third kappa shape index (κ3) is 27.1. The van der Waals surface area contributed by atoms with E-state index in [1.165, 1.54) is 108 Å². The maximum Gasteiger partial charge on any atom is 0.0757 e. The van der Waals surface area contributed by atoms with Crippen molar-refractivity contribution in [2.45, 2.75) is 157 Å². The minimum Gasteiger partial charge on any atom is -0.550 e. The number of aliphatic carboxylic acids is 1. The number of unbranched alkanes of at least 4 members (excludes halogenated alkanes) is 16. The molecule has 0 aliphatic rings. The molecule has 0 fully saturated rings. The van der Waals surface area contributed by atoms with Crippen LogP contribution in [-0.2, 0) is 4.79 Å². The fraction of sp³-hybridized carbons (Fsp3) is 0.848. The van der Waals surface area contributed by atoms with Crippen LogP contribution in [0, 0.1) is 23.7 Å². The molecule has 0 amide bonds. The summed E-state index contributed by atoms with van der Waals surface area (Å²) in [5.41, 5.74) is 0. The molecule has 0 unspecified atom stereocenters. The molecule has 0 saturated carbocycles. The van der Waals surface area contributed by atoms with E-state index in [0.29, 0.717) is 0 Å². The lowest BCUT2D eigenvalue weighted by Gasteiger charge is -2.34. The second-order valence-electron chi connectivity index (χ2n) is 10.1. The average Bonchev–Trinajstić information content (AvgIpc) is 2.89. The van der Waals surface area contributed by atoms with Crippen LogP contribution in [0.1, 0.15) is 157 Å². The van der Waals surface area contributed by atoms with Crippen LogP contribution >= 0.6 is 0 Å². The zero-order chi connectivity index (χ0) is 27.2. The fourth-order valence-corrected chi connectivity index (χ4v) is 4.45. The second-order valence-corrected chi connectivity index (χ2v) is 10.1. The Morgan fingerprint density at radius 3 is 1.17 bits per heavy atom. The first-order chi connectivity index (χ1) is 17.5. The zero-order valence-electron chi connectivity index (χ0n) is 25.0. The van der Waals surface area contributed by atoms with Crippen LogP contribution < -0.4 is 5.11 Å². The summed E-state index contributed by atoms with van der Waals surface area (Å²) in [7, 11) is 0. The highest BCUT2D eigenvalue weighted by Gasteiger charge is 2.16. The Bertz CT molecular complexity index is 569. The summed E-state index contributed by atoms with van der Waals surface area (Å²) < 4.78 is 1.28. The molecular formula is C33H61NO2. The van der Waals surface area contributed by atoms with Crippen LogP contribution in [0.2, 0.25) is 0 Å². The Morgan fingerprint density at radius 2 is 0.861 bits per heavy atom. The monoisotopic (exact) mass is 503 g/mol. The van der Waals surface area contributed by atoms with Gasteiger partial charge < -0.3 is 14.4 Å². The first-order valence-electron chi connectivity index (χ1n) is 15.5. The smallest absolute Gasteiger partial charge is 0.0757 e. The van der Waals surface area contributed by atoms with Gasteiger partial charge in [-0.25, -0.2) is 0 Å². The Hall–Kier alpha value is -1.45. The molecule has 0 aliphatic heterocycles. The summed E-state index contributed by atoms with van der Waals surface area (Å²) in [6.07, 6.45) is 22.1. The highest BCUT2D eigenvalue weighted by atomic mass is 16.4. The largest absolute Gasteiger partial charge is 0.550 e. The van der Waals surface area contributed by atoms with Gasteiger partial charge in [-0.05, 0) is 65.2 Å². The minimum absolute atomic E-state index is 0.198. The quantitative estimate of drug-likeness (QED) is 0.0851. The van der Waals surface area contributed by atoms with Crippen LogP contribution in [-0.4, -0.2) is 36.6 Å². The van der Waals surface area contributed by atoms with Crippen molar-refractivity contribution in [3.8, 4) is 23.7 Å². The molecule has 0 spiro atoms. The maximum absolute atomic E-state index is 10.3. The van der Waals surface area contributed by atoms with Crippen molar-refractivity contribution in [2.24, 2.45) is 0 Å². The van der Waals surface area contributed by atoms with Gasteiger partial charge in [0.25, 0.3) is 0 Å².